The summed E-state index contributed by atoms with van der Waals surface area (Å²) in [5, 5.41) is 0.341. The Kier molecular flexibility index (Phi) is 4.33. The zero-order chi connectivity index (χ0) is 15.7. The molecule has 0 N–H and O–H groups in total. The summed E-state index contributed by atoms with van der Waals surface area (Å²) >= 11 is 0. The third-order valence-corrected chi connectivity index (χ3v) is 10.4. The highest BCUT2D eigenvalue weighted by atomic mass is 28.3. The Bertz CT molecular complexity index is 579. The molecule has 1 heterocycles. The van der Waals surface area contributed by atoms with Crippen LogP contribution in [-0.2, 0) is 0 Å². The molecular formula is C18H26BNSi. The molecule has 1 nitrogen and oxygen atoms in total. The SMILES string of the molecule is C=C(C1=CC=CN([Si](C)(C)C(C)(C)C)B1)c1ccccc1. The molecule has 0 radical (unpaired) electrons. The Morgan fingerprint density at radius 3 is 2.33 bits per heavy atom. The van der Waals surface area contributed by atoms with Crippen LogP contribution in [0.25, 0.3) is 5.57 Å². The van der Waals surface area contributed by atoms with Crippen molar-refractivity contribution >= 4 is 21.2 Å². The molecule has 0 atom stereocenters. The second kappa shape index (κ2) is 5.72. The van der Waals surface area contributed by atoms with Gasteiger partial charge in [-0.1, -0.05) is 82.3 Å². The van der Waals surface area contributed by atoms with E-state index in [9.17, 15) is 0 Å². The quantitative estimate of drug-likeness (QED) is 0.726. The van der Waals surface area contributed by atoms with E-state index in [0.29, 0.717) is 5.04 Å². The van der Waals surface area contributed by atoms with Crippen LogP contribution in [0.1, 0.15) is 26.3 Å². The molecule has 1 aromatic rings. The third-order valence-electron chi connectivity index (χ3n) is 4.97. The van der Waals surface area contributed by atoms with Gasteiger partial charge in [-0.2, -0.15) is 0 Å². The standard InChI is InChI=1S/C18H26BNSi/c1-15(16-11-8-7-9-12-16)17-13-10-14-20(19-17)21(5,6)18(2,3)4/h7-14,19H,1H2,2-6H3. The summed E-state index contributed by atoms with van der Waals surface area (Å²) < 4.78 is 2.57. The molecule has 0 saturated heterocycles. The lowest BCUT2D eigenvalue weighted by Gasteiger charge is -2.47. The van der Waals surface area contributed by atoms with Gasteiger partial charge < -0.3 is 4.48 Å². The summed E-state index contributed by atoms with van der Waals surface area (Å²) in [6.45, 7) is 16.3. The van der Waals surface area contributed by atoms with Crippen molar-refractivity contribution in [1.29, 1.82) is 0 Å². The van der Waals surface area contributed by atoms with Gasteiger partial charge in [-0.05, 0) is 28.5 Å². The van der Waals surface area contributed by atoms with E-state index in [1.165, 1.54) is 11.0 Å². The number of hydrogen-bond donors (Lipinski definition) is 0. The van der Waals surface area contributed by atoms with Crippen molar-refractivity contribution in [2.24, 2.45) is 0 Å². The highest BCUT2D eigenvalue weighted by molar-refractivity contribution is 6.84. The zero-order valence-corrected chi connectivity index (χ0v) is 15.0. The van der Waals surface area contributed by atoms with Crippen molar-refractivity contribution < 1.29 is 0 Å². The number of allylic oxidation sites excluding steroid dienone is 4. The van der Waals surface area contributed by atoms with Crippen LogP contribution >= 0.6 is 0 Å². The van der Waals surface area contributed by atoms with Gasteiger partial charge in [0.2, 0.25) is 0 Å². The molecule has 0 unspecified atom stereocenters. The summed E-state index contributed by atoms with van der Waals surface area (Å²) in [7, 11) is -0.555. The molecule has 1 aromatic carbocycles. The van der Waals surface area contributed by atoms with E-state index < -0.39 is 8.24 Å². The van der Waals surface area contributed by atoms with E-state index in [4.69, 9.17) is 0 Å². The fourth-order valence-corrected chi connectivity index (χ4v) is 4.27. The highest BCUT2D eigenvalue weighted by Crippen LogP contribution is 2.39. The van der Waals surface area contributed by atoms with Gasteiger partial charge in [0.1, 0.15) is 8.24 Å². The number of rotatable bonds is 3. The van der Waals surface area contributed by atoms with Gasteiger partial charge in [0.25, 0.3) is 7.41 Å². The average molecular weight is 295 g/mol. The average Bonchev–Trinajstić information content (AvgIpc) is 2.46. The second-order valence-corrected chi connectivity index (χ2v) is 12.5. The summed E-state index contributed by atoms with van der Waals surface area (Å²) in [6, 6.07) is 10.5. The zero-order valence-electron chi connectivity index (χ0n) is 14.0. The maximum atomic E-state index is 4.31. The lowest BCUT2D eigenvalue weighted by molar-refractivity contribution is 0.657. The number of hydrogen-bond acceptors (Lipinski definition) is 1. The lowest BCUT2D eigenvalue weighted by atomic mass is 9.74. The first-order valence-electron chi connectivity index (χ1n) is 7.62. The molecule has 2 rings (SSSR count). The van der Waals surface area contributed by atoms with Gasteiger partial charge in [0.15, 0.2) is 0 Å². The molecule has 1 aliphatic rings. The fraction of sp³-hybridized carbons (Fsp3) is 0.333. The van der Waals surface area contributed by atoms with Crippen molar-refractivity contribution in [3.8, 4) is 0 Å². The topological polar surface area (TPSA) is 3.24 Å². The highest BCUT2D eigenvalue weighted by Gasteiger charge is 2.40. The van der Waals surface area contributed by atoms with Crippen LogP contribution in [0.3, 0.4) is 0 Å². The van der Waals surface area contributed by atoms with Crippen LogP contribution < -0.4 is 0 Å². The number of nitrogens with zero attached hydrogens (tertiary/aromatic N) is 1. The van der Waals surface area contributed by atoms with Crippen molar-refractivity contribution in [3.05, 3.63) is 66.3 Å². The molecule has 3 heteroatoms. The normalized spacial score (nSPS) is 15.5. The molecule has 0 amide bonds. The molecular weight excluding hydrogens is 269 g/mol. The van der Waals surface area contributed by atoms with Crippen LogP contribution in [0.4, 0.5) is 0 Å². The first-order chi connectivity index (χ1) is 9.73. The second-order valence-electron chi connectivity index (χ2n) is 7.31. The van der Waals surface area contributed by atoms with Crippen LogP contribution in [0.15, 0.2) is 60.7 Å². The Morgan fingerprint density at radius 1 is 1.14 bits per heavy atom. The van der Waals surface area contributed by atoms with Crippen LogP contribution in [0, 0.1) is 0 Å². The summed E-state index contributed by atoms with van der Waals surface area (Å²) in [5.41, 5.74) is 3.69. The molecule has 21 heavy (non-hydrogen) atoms. The Morgan fingerprint density at radius 2 is 1.76 bits per heavy atom. The van der Waals surface area contributed by atoms with E-state index in [0.717, 1.165) is 13.0 Å². The monoisotopic (exact) mass is 295 g/mol. The van der Waals surface area contributed by atoms with E-state index >= 15 is 0 Å². The summed E-state index contributed by atoms with van der Waals surface area (Å²) in [4.78, 5) is 0. The van der Waals surface area contributed by atoms with Crippen LogP contribution in [0.5, 0.6) is 0 Å². The predicted octanol–water partition coefficient (Wildman–Crippen LogP) is 4.77. The molecule has 0 bridgehead atoms. The molecule has 0 saturated carbocycles. The first-order valence-corrected chi connectivity index (χ1v) is 10.6. The Labute approximate surface area is 131 Å². The largest absolute Gasteiger partial charge is 0.447 e. The van der Waals surface area contributed by atoms with Crippen LogP contribution in [-0.4, -0.2) is 20.1 Å². The fourth-order valence-electron chi connectivity index (χ4n) is 2.39. The molecule has 0 aromatic heterocycles. The first kappa shape index (κ1) is 15.9. The maximum Gasteiger partial charge on any atom is 0.261 e. The van der Waals surface area contributed by atoms with Gasteiger partial charge in [-0.3, -0.25) is 0 Å². The predicted molar refractivity (Wildman–Crippen MR) is 98.9 cm³/mol. The van der Waals surface area contributed by atoms with Gasteiger partial charge in [0.05, 0.1) is 0 Å². The van der Waals surface area contributed by atoms with Crippen molar-refractivity contribution in [2.45, 2.75) is 38.9 Å². The lowest BCUT2D eigenvalue weighted by Crippen LogP contribution is -2.54. The third kappa shape index (κ3) is 3.24. The Balaban J connectivity index is 2.21. The van der Waals surface area contributed by atoms with E-state index in [1.54, 1.807) is 0 Å². The summed E-state index contributed by atoms with van der Waals surface area (Å²) in [6.07, 6.45) is 6.64. The molecule has 0 aliphatic carbocycles. The number of benzene rings is 1. The Hall–Kier alpha value is -1.48. The van der Waals surface area contributed by atoms with Gasteiger partial charge in [-0.15, -0.1) is 0 Å². The van der Waals surface area contributed by atoms with Gasteiger partial charge in [-0.25, -0.2) is 0 Å². The minimum atomic E-state index is -1.53. The molecule has 110 valence electrons. The minimum Gasteiger partial charge on any atom is -0.447 e. The van der Waals surface area contributed by atoms with Crippen molar-refractivity contribution in [2.75, 3.05) is 0 Å². The van der Waals surface area contributed by atoms with Crippen molar-refractivity contribution in [3.63, 3.8) is 0 Å². The van der Waals surface area contributed by atoms with Gasteiger partial charge in [0, 0.05) is 0 Å². The minimum absolute atomic E-state index is 0.341. The maximum absolute atomic E-state index is 4.31. The smallest absolute Gasteiger partial charge is 0.261 e. The van der Waals surface area contributed by atoms with E-state index in [1.807, 2.05) is 6.07 Å². The van der Waals surface area contributed by atoms with Crippen LogP contribution in [0.2, 0.25) is 18.1 Å². The van der Waals surface area contributed by atoms with Gasteiger partial charge >= 0.3 is 0 Å². The molecule has 1 aliphatic heterocycles. The van der Waals surface area contributed by atoms with E-state index in [-0.39, 0.29) is 0 Å². The van der Waals surface area contributed by atoms with E-state index in [2.05, 4.69) is 87.5 Å². The molecule has 0 fully saturated rings. The summed E-state index contributed by atoms with van der Waals surface area (Å²) in [5.74, 6) is 0. The molecule has 0 spiro atoms. The van der Waals surface area contributed by atoms with Crippen molar-refractivity contribution in [1.82, 2.24) is 4.48 Å².